The molecule has 9 heteroatoms. The van der Waals surface area contributed by atoms with E-state index < -0.39 is 11.5 Å². The van der Waals surface area contributed by atoms with Crippen LogP contribution in [-0.4, -0.2) is 42.8 Å². The van der Waals surface area contributed by atoms with E-state index >= 15 is 0 Å². The monoisotopic (exact) mass is 724 g/mol. The number of carbonyl (C=O) groups excluding carboxylic acids is 1. The van der Waals surface area contributed by atoms with Crippen LogP contribution in [0.1, 0.15) is 58.2 Å². The van der Waals surface area contributed by atoms with E-state index in [-0.39, 0.29) is 0 Å². The summed E-state index contributed by atoms with van der Waals surface area (Å²) in [6, 6.07) is 49.6. The maximum Gasteiger partial charge on any atom is 0.341 e. The van der Waals surface area contributed by atoms with E-state index in [1.807, 2.05) is 41.1 Å². The lowest BCUT2D eigenvalue weighted by Gasteiger charge is -2.36. The summed E-state index contributed by atoms with van der Waals surface area (Å²) < 4.78 is 15.1. The number of hydrogen-bond donors (Lipinski definition) is 0. The summed E-state index contributed by atoms with van der Waals surface area (Å²) in [5.41, 5.74) is 7.05. The van der Waals surface area contributed by atoms with Gasteiger partial charge in [0.05, 0.1) is 19.6 Å². The summed E-state index contributed by atoms with van der Waals surface area (Å²) in [4.78, 5) is 17.6. The first kappa shape index (κ1) is 35.2. The SMILES string of the molecule is CCCCc1ncc(-c2occc2C(=O)OC)n1Cc1ccc(-c2ccccc2)c(-c2nnnn2C(c2ccccc2)(c2ccccc2)c2ccccc2)c1. The van der Waals surface area contributed by atoms with Gasteiger partial charge in [-0.3, -0.25) is 0 Å². The van der Waals surface area contributed by atoms with Crippen LogP contribution in [0.25, 0.3) is 34.0 Å². The number of ether oxygens (including phenoxy) is 1. The van der Waals surface area contributed by atoms with Crippen LogP contribution in [0.3, 0.4) is 0 Å². The summed E-state index contributed by atoms with van der Waals surface area (Å²) in [6.07, 6.45) is 6.04. The topological polar surface area (TPSA) is 101 Å². The highest BCUT2D eigenvalue weighted by Crippen LogP contribution is 2.43. The lowest BCUT2D eigenvalue weighted by Crippen LogP contribution is -2.39. The molecule has 55 heavy (non-hydrogen) atoms. The summed E-state index contributed by atoms with van der Waals surface area (Å²) in [5.74, 6) is 1.46. The number of benzene rings is 5. The molecule has 0 aliphatic rings. The molecule has 0 aliphatic carbocycles. The first-order chi connectivity index (χ1) is 27.1. The van der Waals surface area contributed by atoms with Gasteiger partial charge >= 0.3 is 5.97 Å². The van der Waals surface area contributed by atoms with Gasteiger partial charge in [-0.1, -0.05) is 147 Å². The molecule has 0 aliphatic heterocycles. The second-order valence-corrected chi connectivity index (χ2v) is 13.4. The summed E-state index contributed by atoms with van der Waals surface area (Å²) in [6.45, 7) is 2.62. The van der Waals surface area contributed by atoms with Crippen molar-refractivity contribution < 1.29 is 13.9 Å². The van der Waals surface area contributed by atoms with Crippen LogP contribution in [0.5, 0.6) is 0 Å². The van der Waals surface area contributed by atoms with Crippen LogP contribution in [0.15, 0.2) is 162 Å². The van der Waals surface area contributed by atoms with Crippen LogP contribution in [0.4, 0.5) is 0 Å². The van der Waals surface area contributed by atoms with Crippen molar-refractivity contribution in [2.75, 3.05) is 7.11 Å². The molecular weight excluding hydrogens is 685 g/mol. The van der Waals surface area contributed by atoms with Crippen LogP contribution in [-0.2, 0) is 23.2 Å². The Balaban J connectivity index is 1.35. The molecule has 0 spiro atoms. The quantitative estimate of drug-likeness (QED) is 0.0863. The van der Waals surface area contributed by atoms with Crippen LogP contribution in [0.2, 0.25) is 0 Å². The average molecular weight is 725 g/mol. The largest absolute Gasteiger partial charge is 0.465 e. The molecule has 0 saturated heterocycles. The van der Waals surface area contributed by atoms with Crippen LogP contribution < -0.4 is 0 Å². The number of carbonyl (C=O) groups is 1. The molecule has 0 radical (unpaired) electrons. The fourth-order valence-electron chi connectivity index (χ4n) is 7.50. The van der Waals surface area contributed by atoms with Gasteiger partial charge in [-0.2, -0.15) is 0 Å². The third-order valence-electron chi connectivity index (χ3n) is 10.1. The zero-order chi connectivity index (χ0) is 37.6. The molecule has 0 N–H and O–H groups in total. The Labute approximate surface area is 319 Å². The van der Waals surface area contributed by atoms with E-state index in [0.29, 0.717) is 29.4 Å². The standard InChI is InChI=1S/C46H40N6O3/c1-3-4-25-42-47-31-41(43-39(28-29-55-43)45(53)54-2)51(42)32-33-26-27-38(34-17-9-5-10-18-34)40(30-33)44-48-49-50-52(44)46(35-19-11-6-12-20-35,36-21-13-7-14-22-36)37-23-15-8-16-24-37/h5-24,26-31H,3-4,25,32H2,1-2H3. The lowest BCUT2D eigenvalue weighted by atomic mass is 9.77. The van der Waals surface area contributed by atoms with Gasteiger partial charge in [-0.15, -0.1) is 5.10 Å². The van der Waals surface area contributed by atoms with Crippen LogP contribution >= 0.6 is 0 Å². The molecule has 0 amide bonds. The number of esters is 1. The van der Waals surface area contributed by atoms with E-state index in [2.05, 4.69) is 120 Å². The average Bonchev–Trinajstić information content (AvgIpc) is 4.03. The summed E-state index contributed by atoms with van der Waals surface area (Å²) in [7, 11) is 1.37. The van der Waals surface area contributed by atoms with Crippen molar-refractivity contribution in [1.82, 2.24) is 29.8 Å². The number of tetrazole rings is 1. The van der Waals surface area contributed by atoms with Gasteiger partial charge in [0.1, 0.15) is 22.6 Å². The number of imidazole rings is 1. The Hall–Kier alpha value is -6.87. The van der Waals surface area contributed by atoms with Crippen LogP contribution in [0, 0.1) is 0 Å². The minimum Gasteiger partial charge on any atom is -0.465 e. The maximum absolute atomic E-state index is 12.8. The Kier molecular flexibility index (Phi) is 9.99. The van der Waals surface area contributed by atoms with Crippen molar-refractivity contribution >= 4 is 5.97 Å². The van der Waals surface area contributed by atoms with E-state index in [1.165, 1.54) is 13.4 Å². The third-order valence-corrected chi connectivity index (χ3v) is 10.1. The number of rotatable bonds is 13. The maximum atomic E-state index is 12.8. The van der Waals surface area contributed by atoms with Crippen molar-refractivity contribution in [3.05, 3.63) is 192 Å². The fraction of sp³-hybridized carbons (Fsp3) is 0.152. The Morgan fingerprint density at radius 1 is 0.764 bits per heavy atom. The minimum absolute atomic E-state index is 0.351. The second-order valence-electron chi connectivity index (χ2n) is 13.4. The molecule has 0 unspecified atom stereocenters. The molecular formula is C46H40N6O3. The molecule has 3 heterocycles. The number of aryl methyl sites for hydroxylation is 1. The first-order valence-corrected chi connectivity index (χ1v) is 18.5. The van der Waals surface area contributed by atoms with E-state index in [1.54, 1.807) is 12.3 Å². The predicted octanol–water partition coefficient (Wildman–Crippen LogP) is 9.48. The molecule has 272 valence electrons. The third kappa shape index (κ3) is 6.54. The number of aromatic nitrogens is 6. The van der Waals surface area contributed by atoms with E-state index in [9.17, 15) is 4.79 Å². The molecule has 9 nitrogen and oxygen atoms in total. The number of hydrogen-bond acceptors (Lipinski definition) is 7. The molecule has 0 atom stereocenters. The molecule has 0 saturated carbocycles. The van der Waals surface area contributed by atoms with Crippen molar-refractivity contribution in [1.29, 1.82) is 0 Å². The smallest absolute Gasteiger partial charge is 0.341 e. The molecule has 0 fully saturated rings. The van der Waals surface area contributed by atoms with Gasteiger partial charge in [0.15, 0.2) is 11.6 Å². The molecule has 5 aromatic carbocycles. The zero-order valence-electron chi connectivity index (χ0n) is 30.7. The molecule has 3 aromatic heterocycles. The fourth-order valence-corrected chi connectivity index (χ4v) is 7.50. The number of furan rings is 1. The second kappa shape index (κ2) is 15.6. The van der Waals surface area contributed by atoms with Gasteiger partial charge in [-0.05, 0) is 62.4 Å². The number of nitrogens with zero attached hydrogens (tertiary/aromatic N) is 6. The highest BCUT2D eigenvalue weighted by molar-refractivity contribution is 5.95. The zero-order valence-corrected chi connectivity index (χ0v) is 30.7. The summed E-state index contributed by atoms with van der Waals surface area (Å²) >= 11 is 0. The van der Waals surface area contributed by atoms with Crippen molar-refractivity contribution in [2.45, 2.75) is 38.3 Å². The number of unbranched alkanes of at least 4 members (excludes halogenated alkanes) is 1. The van der Waals surface area contributed by atoms with Gasteiger partial charge in [0, 0.05) is 18.5 Å². The van der Waals surface area contributed by atoms with Crippen molar-refractivity contribution in [3.63, 3.8) is 0 Å². The highest BCUT2D eigenvalue weighted by Gasteiger charge is 2.42. The molecule has 8 aromatic rings. The van der Waals surface area contributed by atoms with Gasteiger partial charge in [0.2, 0.25) is 0 Å². The molecule has 8 rings (SSSR count). The van der Waals surface area contributed by atoms with Gasteiger partial charge in [-0.25, -0.2) is 14.5 Å². The summed E-state index contributed by atoms with van der Waals surface area (Å²) in [5, 5.41) is 14.1. The van der Waals surface area contributed by atoms with Crippen molar-refractivity contribution in [2.24, 2.45) is 0 Å². The Morgan fingerprint density at radius 2 is 1.38 bits per heavy atom. The first-order valence-electron chi connectivity index (χ1n) is 18.5. The number of methoxy groups -OCH3 is 1. The van der Waals surface area contributed by atoms with Crippen molar-refractivity contribution in [3.8, 4) is 34.0 Å². The highest BCUT2D eigenvalue weighted by atomic mass is 16.5. The Morgan fingerprint density at radius 3 is 1.98 bits per heavy atom. The van der Waals surface area contributed by atoms with E-state index in [4.69, 9.17) is 24.5 Å². The van der Waals surface area contributed by atoms with Gasteiger partial charge < -0.3 is 13.7 Å². The Bertz CT molecular complexity index is 2410. The van der Waals surface area contributed by atoms with E-state index in [0.717, 1.165) is 64.0 Å². The lowest BCUT2D eigenvalue weighted by molar-refractivity contribution is 0.0601. The normalized spacial score (nSPS) is 11.5. The predicted molar refractivity (Wildman–Crippen MR) is 212 cm³/mol. The van der Waals surface area contributed by atoms with Gasteiger partial charge in [0.25, 0.3) is 0 Å². The minimum atomic E-state index is -0.930. The molecule has 0 bridgehead atoms.